The predicted octanol–water partition coefficient (Wildman–Crippen LogP) is 2.32. The van der Waals surface area contributed by atoms with Crippen molar-refractivity contribution in [3.63, 3.8) is 0 Å². The largest absolute Gasteiger partial charge is 0.383 e. The Morgan fingerprint density at radius 3 is 2.60 bits per heavy atom. The van der Waals surface area contributed by atoms with Crippen LogP contribution in [0.1, 0.15) is 40.0 Å². The van der Waals surface area contributed by atoms with Gasteiger partial charge in [0.1, 0.15) is 0 Å². The maximum Gasteiger partial charge on any atom is 0.236 e. The minimum atomic E-state index is 0. The number of hydrogen-bond donors (Lipinski definition) is 1. The Morgan fingerprint density at radius 2 is 2.00 bits per heavy atom. The Labute approximate surface area is 130 Å². The zero-order valence-electron chi connectivity index (χ0n) is 13.4. The van der Waals surface area contributed by atoms with E-state index in [4.69, 9.17) is 4.74 Å². The molecule has 0 aromatic carbocycles. The number of hydrogen-bond acceptors (Lipinski definition) is 3. The summed E-state index contributed by atoms with van der Waals surface area (Å²) in [5.41, 5.74) is 0.357. The summed E-state index contributed by atoms with van der Waals surface area (Å²) in [5, 5.41) is 3.13. The van der Waals surface area contributed by atoms with E-state index in [1.165, 1.54) is 6.42 Å². The summed E-state index contributed by atoms with van der Waals surface area (Å²) in [6, 6.07) is 0. The third-order valence-corrected chi connectivity index (χ3v) is 4.06. The molecule has 0 aromatic rings. The van der Waals surface area contributed by atoms with Gasteiger partial charge in [-0.3, -0.25) is 4.79 Å². The van der Waals surface area contributed by atoms with Gasteiger partial charge < -0.3 is 15.0 Å². The van der Waals surface area contributed by atoms with Crippen molar-refractivity contribution in [2.45, 2.75) is 40.0 Å². The summed E-state index contributed by atoms with van der Waals surface area (Å²) in [6.07, 6.45) is 3.50. The molecular weight excluding hydrogens is 276 g/mol. The van der Waals surface area contributed by atoms with Crippen LogP contribution in [-0.4, -0.2) is 50.7 Å². The Balaban J connectivity index is 0.00000361. The van der Waals surface area contributed by atoms with E-state index in [1.54, 1.807) is 7.11 Å². The second kappa shape index (κ2) is 9.59. The quantitative estimate of drug-likeness (QED) is 0.793. The number of likely N-dealkylation sites (tertiary alicyclic amines) is 1. The van der Waals surface area contributed by atoms with Gasteiger partial charge in [-0.25, -0.2) is 0 Å². The minimum Gasteiger partial charge on any atom is -0.383 e. The summed E-state index contributed by atoms with van der Waals surface area (Å²) in [7, 11) is 1.67. The highest BCUT2D eigenvalue weighted by Gasteiger charge is 2.28. The molecule has 0 saturated carbocycles. The molecule has 4 nitrogen and oxygen atoms in total. The third kappa shape index (κ3) is 6.91. The topological polar surface area (TPSA) is 41.6 Å². The molecule has 0 bridgehead atoms. The van der Waals surface area contributed by atoms with Crippen LogP contribution >= 0.6 is 12.4 Å². The van der Waals surface area contributed by atoms with Crippen LogP contribution in [0.4, 0.5) is 0 Å². The lowest BCUT2D eigenvalue weighted by atomic mass is 9.77. The van der Waals surface area contributed by atoms with Crippen LogP contribution in [0.2, 0.25) is 0 Å². The smallest absolute Gasteiger partial charge is 0.236 e. The lowest BCUT2D eigenvalue weighted by molar-refractivity contribution is -0.130. The molecule has 120 valence electrons. The van der Waals surface area contributed by atoms with E-state index < -0.39 is 0 Å². The molecule has 0 radical (unpaired) electrons. The molecule has 1 saturated heterocycles. The summed E-state index contributed by atoms with van der Waals surface area (Å²) in [5.74, 6) is 0.956. The van der Waals surface area contributed by atoms with Gasteiger partial charge in [0.15, 0.2) is 0 Å². The van der Waals surface area contributed by atoms with E-state index in [2.05, 4.69) is 26.1 Å². The molecule has 20 heavy (non-hydrogen) atoms. The van der Waals surface area contributed by atoms with Gasteiger partial charge in [0.2, 0.25) is 5.91 Å². The summed E-state index contributed by atoms with van der Waals surface area (Å²) in [6.45, 7) is 10.6. The number of methoxy groups -OCH3 is 1. The lowest BCUT2D eigenvalue weighted by Gasteiger charge is -2.29. The Kier molecular flexibility index (Phi) is 9.43. The van der Waals surface area contributed by atoms with Gasteiger partial charge in [-0.2, -0.15) is 0 Å². The Bertz CT molecular complexity index is 280. The number of nitrogens with zero attached hydrogens (tertiary/aromatic N) is 1. The molecule has 1 aliphatic heterocycles. The molecule has 1 N–H and O–H groups in total. The van der Waals surface area contributed by atoms with Crippen molar-refractivity contribution in [2.75, 3.05) is 39.9 Å². The van der Waals surface area contributed by atoms with E-state index >= 15 is 0 Å². The van der Waals surface area contributed by atoms with Crippen LogP contribution in [-0.2, 0) is 9.53 Å². The number of carbonyl (C=O) groups excluding carboxylic acids is 1. The van der Waals surface area contributed by atoms with E-state index in [0.717, 1.165) is 38.4 Å². The molecule has 1 aliphatic rings. The maximum absolute atomic E-state index is 12.1. The first kappa shape index (κ1) is 19.7. The van der Waals surface area contributed by atoms with Crippen molar-refractivity contribution in [1.82, 2.24) is 10.2 Å². The van der Waals surface area contributed by atoms with E-state index in [0.29, 0.717) is 18.6 Å². The molecule has 0 spiro atoms. The van der Waals surface area contributed by atoms with Gasteiger partial charge in [0.05, 0.1) is 13.2 Å². The number of carbonyl (C=O) groups is 1. The maximum atomic E-state index is 12.1. The number of nitrogens with one attached hydrogen (secondary N) is 1. The lowest BCUT2D eigenvalue weighted by Crippen LogP contribution is -2.39. The molecule has 1 heterocycles. The fraction of sp³-hybridized carbons (Fsp3) is 0.933. The van der Waals surface area contributed by atoms with Gasteiger partial charge in [-0.15, -0.1) is 12.4 Å². The number of halogens is 1. The Hall–Kier alpha value is -0.320. The normalized spacial score (nSPS) is 20.2. The summed E-state index contributed by atoms with van der Waals surface area (Å²) >= 11 is 0. The van der Waals surface area contributed by atoms with Gasteiger partial charge in [0.25, 0.3) is 0 Å². The average Bonchev–Trinajstić information content (AvgIpc) is 2.59. The standard InChI is InChI=1S/C15H30N2O2.ClH/c1-15(2,3)13-6-5-9-17(10-7-13)14(18)12-16-8-11-19-4;/h13,16H,5-12H2,1-4H3;1H. The highest BCUT2D eigenvalue weighted by atomic mass is 35.5. The van der Waals surface area contributed by atoms with Crippen LogP contribution in [0.3, 0.4) is 0 Å². The van der Waals surface area contributed by atoms with Crippen molar-refractivity contribution in [3.8, 4) is 0 Å². The minimum absolute atomic E-state index is 0. The molecule has 1 atom stereocenters. The van der Waals surface area contributed by atoms with Gasteiger partial charge in [0, 0.05) is 26.7 Å². The van der Waals surface area contributed by atoms with E-state index in [-0.39, 0.29) is 18.3 Å². The molecule has 0 aliphatic carbocycles. The second-order valence-electron chi connectivity index (χ2n) is 6.54. The van der Waals surface area contributed by atoms with E-state index in [9.17, 15) is 4.79 Å². The number of ether oxygens (including phenoxy) is 1. The monoisotopic (exact) mass is 306 g/mol. The highest BCUT2D eigenvalue weighted by Crippen LogP contribution is 2.34. The molecule has 0 aromatic heterocycles. The molecular formula is C15H31ClN2O2. The third-order valence-electron chi connectivity index (χ3n) is 4.06. The first-order valence-electron chi connectivity index (χ1n) is 7.42. The Morgan fingerprint density at radius 1 is 1.30 bits per heavy atom. The zero-order valence-corrected chi connectivity index (χ0v) is 14.2. The van der Waals surface area contributed by atoms with Crippen molar-refractivity contribution in [2.24, 2.45) is 11.3 Å². The fourth-order valence-electron chi connectivity index (χ4n) is 2.69. The van der Waals surface area contributed by atoms with Crippen LogP contribution in [0.25, 0.3) is 0 Å². The predicted molar refractivity (Wildman–Crippen MR) is 85.4 cm³/mol. The van der Waals surface area contributed by atoms with Crippen molar-refractivity contribution < 1.29 is 9.53 Å². The number of amides is 1. The average molecular weight is 307 g/mol. The fourth-order valence-corrected chi connectivity index (χ4v) is 2.69. The van der Waals surface area contributed by atoms with Crippen LogP contribution < -0.4 is 5.32 Å². The van der Waals surface area contributed by atoms with E-state index in [1.807, 2.05) is 4.90 Å². The number of rotatable bonds is 5. The zero-order chi connectivity index (χ0) is 14.3. The van der Waals surface area contributed by atoms with Crippen molar-refractivity contribution in [3.05, 3.63) is 0 Å². The summed E-state index contributed by atoms with van der Waals surface area (Å²) in [4.78, 5) is 14.1. The van der Waals surface area contributed by atoms with Gasteiger partial charge in [-0.1, -0.05) is 20.8 Å². The molecule has 1 rings (SSSR count). The van der Waals surface area contributed by atoms with Gasteiger partial charge in [-0.05, 0) is 30.6 Å². The highest BCUT2D eigenvalue weighted by molar-refractivity contribution is 5.85. The first-order chi connectivity index (χ1) is 8.95. The van der Waals surface area contributed by atoms with Crippen LogP contribution in [0.15, 0.2) is 0 Å². The van der Waals surface area contributed by atoms with Crippen molar-refractivity contribution in [1.29, 1.82) is 0 Å². The molecule has 1 amide bonds. The first-order valence-corrected chi connectivity index (χ1v) is 7.42. The molecule has 5 heteroatoms. The van der Waals surface area contributed by atoms with Gasteiger partial charge >= 0.3 is 0 Å². The SMILES string of the molecule is COCCNCC(=O)N1CCCC(C(C)(C)C)CC1.Cl. The summed E-state index contributed by atoms with van der Waals surface area (Å²) < 4.78 is 4.95. The van der Waals surface area contributed by atoms with Crippen LogP contribution in [0.5, 0.6) is 0 Å². The van der Waals surface area contributed by atoms with Crippen LogP contribution in [0, 0.1) is 11.3 Å². The second-order valence-corrected chi connectivity index (χ2v) is 6.54. The molecule has 1 unspecified atom stereocenters. The van der Waals surface area contributed by atoms with Crippen molar-refractivity contribution >= 4 is 18.3 Å². The molecule has 1 fully saturated rings.